The van der Waals surface area contributed by atoms with E-state index in [1.54, 1.807) is 4.90 Å². The second-order valence-electron chi connectivity index (χ2n) is 8.25. The van der Waals surface area contributed by atoms with E-state index in [4.69, 9.17) is 14.9 Å². The fraction of sp³-hybridized carbons (Fsp3) is 0.269. The maximum Gasteiger partial charge on any atom is 0.336 e. The molecule has 9 nitrogen and oxygen atoms in total. The van der Waals surface area contributed by atoms with Crippen molar-refractivity contribution in [3.63, 3.8) is 0 Å². The zero-order valence-electron chi connectivity index (χ0n) is 19.7. The highest BCUT2D eigenvalue weighted by molar-refractivity contribution is 5.81. The van der Waals surface area contributed by atoms with Crippen molar-refractivity contribution in [3.05, 3.63) is 103 Å². The summed E-state index contributed by atoms with van der Waals surface area (Å²) < 4.78 is 11.8. The molecule has 4 aromatic rings. The van der Waals surface area contributed by atoms with Crippen LogP contribution in [0.3, 0.4) is 0 Å². The summed E-state index contributed by atoms with van der Waals surface area (Å²) in [4.78, 5) is 42.0. The summed E-state index contributed by atoms with van der Waals surface area (Å²) in [6.45, 7) is 2.97. The van der Waals surface area contributed by atoms with Crippen molar-refractivity contribution in [2.24, 2.45) is 0 Å². The molecule has 0 aliphatic carbocycles. The fourth-order valence-electron chi connectivity index (χ4n) is 4.14. The van der Waals surface area contributed by atoms with Crippen LogP contribution in [0.4, 0.5) is 11.5 Å². The normalized spacial score (nSPS) is 11.1. The molecule has 0 atom stereocenters. The molecular weight excluding hydrogens is 448 g/mol. The quantitative estimate of drug-likeness (QED) is 0.356. The lowest BCUT2D eigenvalue weighted by Gasteiger charge is -2.27. The summed E-state index contributed by atoms with van der Waals surface area (Å²) in [5.41, 5.74) is 7.99. The number of nitrogens with one attached hydrogen (secondary N) is 1. The molecule has 0 spiro atoms. The molecule has 4 rings (SSSR count). The van der Waals surface area contributed by atoms with Crippen LogP contribution < -0.4 is 27.5 Å². The number of ether oxygens (including phenoxy) is 1. The molecule has 2 aromatic carbocycles. The molecule has 0 saturated heterocycles. The largest absolute Gasteiger partial charge is 0.423 e. The number of benzene rings is 2. The minimum absolute atomic E-state index is 0.0345. The first kappa shape index (κ1) is 24.0. The van der Waals surface area contributed by atoms with E-state index in [-0.39, 0.29) is 31.2 Å². The highest BCUT2D eigenvalue weighted by Gasteiger charge is 2.21. The molecule has 0 aliphatic heterocycles. The van der Waals surface area contributed by atoms with Gasteiger partial charge in [-0.15, -0.1) is 0 Å². The summed E-state index contributed by atoms with van der Waals surface area (Å²) in [6, 6.07) is 16.8. The molecule has 0 unspecified atom stereocenters. The number of hydrogen-bond acceptors (Lipinski definition) is 7. The molecule has 0 fully saturated rings. The van der Waals surface area contributed by atoms with Gasteiger partial charge in [-0.05, 0) is 29.2 Å². The lowest BCUT2D eigenvalue weighted by atomic mass is 10.1. The summed E-state index contributed by atoms with van der Waals surface area (Å²) in [5.74, 6) is 0.0345. The first-order chi connectivity index (χ1) is 16.9. The molecule has 182 valence electrons. The van der Waals surface area contributed by atoms with Crippen LogP contribution in [0.5, 0.6) is 0 Å². The minimum atomic E-state index is -0.606. The van der Waals surface area contributed by atoms with Crippen molar-refractivity contribution in [1.82, 2.24) is 9.55 Å². The van der Waals surface area contributed by atoms with Gasteiger partial charge in [0.25, 0.3) is 5.56 Å². The average Bonchev–Trinajstić information content (AvgIpc) is 2.83. The number of aryl methyl sites for hydroxylation is 1. The van der Waals surface area contributed by atoms with Crippen LogP contribution >= 0.6 is 0 Å². The Morgan fingerprint density at radius 2 is 1.80 bits per heavy atom. The van der Waals surface area contributed by atoms with Crippen LogP contribution in [-0.4, -0.2) is 23.3 Å². The van der Waals surface area contributed by atoms with Crippen LogP contribution in [0.15, 0.2) is 73.4 Å². The van der Waals surface area contributed by atoms with E-state index in [2.05, 4.69) is 4.98 Å². The minimum Gasteiger partial charge on any atom is -0.423 e. The molecule has 35 heavy (non-hydrogen) atoms. The summed E-state index contributed by atoms with van der Waals surface area (Å²) >= 11 is 0. The Labute approximate surface area is 201 Å². The number of nitrogens with two attached hydrogens (primary N) is 1. The highest BCUT2D eigenvalue weighted by atomic mass is 16.5. The van der Waals surface area contributed by atoms with Gasteiger partial charge in [-0.1, -0.05) is 49.4 Å². The van der Waals surface area contributed by atoms with Crippen molar-refractivity contribution >= 4 is 22.5 Å². The van der Waals surface area contributed by atoms with Crippen molar-refractivity contribution in [2.75, 3.05) is 24.4 Å². The monoisotopic (exact) mass is 476 g/mol. The molecule has 9 heteroatoms. The third kappa shape index (κ3) is 5.20. The van der Waals surface area contributed by atoms with E-state index in [1.807, 2.05) is 55.5 Å². The second-order valence-corrected chi connectivity index (χ2v) is 8.25. The third-order valence-electron chi connectivity index (χ3n) is 5.93. The van der Waals surface area contributed by atoms with Gasteiger partial charge >= 0.3 is 11.3 Å². The van der Waals surface area contributed by atoms with Crippen molar-refractivity contribution in [3.8, 4) is 0 Å². The van der Waals surface area contributed by atoms with Gasteiger partial charge in [0, 0.05) is 31.7 Å². The fourth-order valence-corrected chi connectivity index (χ4v) is 4.14. The standard InChI is InChI=1S/C26H28N4O5/c1-3-17-9-10-20-19(14-22(31)35-21(20)13-17)16-29(15-18-7-5-4-6-8-18)23-24(27)30(11-12-34-2)26(33)28-25(23)32/h4-10,13-14H,3,11-12,15-16,27H2,1-2H3,(H,28,32,33). The number of aromatic nitrogens is 2. The van der Waals surface area contributed by atoms with Gasteiger partial charge in [0.15, 0.2) is 0 Å². The van der Waals surface area contributed by atoms with E-state index in [0.717, 1.165) is 22.9 Å². The third-order valence-corrected chi connectivity index (χ3v) is 5.93. The van der Waals surface area contributed by atoms with E-state index in [1.165, 1.54) is 17.7 Å². The summed E-state index contributed by atoms with van der Waals surface area (Å²) in [6.07, 6.45) is 0.805. The van der Waals surface area contributed by atoms with E-state index < -0.39 is 16.9 Å². The van der Waals surface area contributed by atoms with Crippen molar-refractivity contribution in [1.29, 1.82) is 0 Å². The number of fused-ring (bicyclic) bond motifs is 1. The zero-order valence-corrected chi connectivity index (χ0v) is 19.7. The first-order valence-electron chi connectivity index (χ1n) is 11.4. The SMILES string of the molecule is CCc1ccc2c(CN(Cc3ccccc3)c3c(N)n(CCOC)c(=O)[nH]c3=O)cc(=O)oc2c1. The van der Waals surface area contributed by atoms with Crippen LogP contribution in [0.25, 0.3) is 11.0 Å². The number of anilines is 2. The Balaban J connectivity index is 1.87. The maximum absolute atomic E-state index is 13.0. The van der Waals surface area contributed by atoms with E-state index >= 15 is 0 Å². The molecular formula is C26H28N4O5. The average molecular weight is 477 g/mol. The van der Waals surface area contributed by atoms with Gasteiger partial charge in [-0.25, -0.2) is 9.59 Å². The number of nitrogens with zero attached hydrogens (tertiary/aromatic N) is 2. The molecule has 3 N–H and O–H groups in total. The number of hydrogen-bond donors (Lipinski definition) is 2. The highest BCUT2D eigenvalue weighted by Crippen LogP contribution is 2.25. The number of nitrogen functional groups attached to an aromatic ring is 1. The maximum atomic E-state index is 13.0. The Bertz CT molecular complexity index is 1500. The molecule has 0 aliphatic rings. The van der Waals surface area contributed by atoms with E-state index in [9.17, 15) is 14.4 Å². The van der Waals surface area contributed by atoms with Crippen LogP contribution in [0, 0.1) is 0 Å². The van der Waals surface area contributed by atoms with E-state index in [0.29, 0.717) is 17.7 Å². The summed E-state index contributed by atoms with van der Waals surface area (Å²) in [5, 5.41) is 0.766. The Morgan fingerprint density at radius 1 is 1.03 bits per heavy atom. The van der Waals surface area contributed by atoms with Gasteiger partial charge in [-0.2, -0.15) is 0 Å². The Hall–Kier alpha value is -4.11. The first-order valence-corrected chi connectivity index (χ1v) is 11.4. The number of aromatic amines is 1. The zero-order chi connectivity index (χ0) is 24.9. The van der Waals surface area contributed by atoms with Gasteiger partial charge in [0.1, 0.15) is 17.1 Å². The molecule has 0 radical (unpaired) electrons. The summed E-state index contributed by atoms with van der Waals surface area (Å²) in [7, 11) is 1.52. The predicted molar refractivity (Wildman–Crippen MR) is 136 cm³/mol. The Morgan fingerprint density at radius 3 is 2.51 bits per heavy atom. The molecule has 0 bridgehead atoms. The van der Waals surface area contributed by atoms with Crippen LogP contribution in [0.1, 0.15) is 23.6 Å². The number of rotatable bonds is 9. The topological polar surface area (TPSA) is 124 Å². The lowest BCUT2D eigenvalue weighted by molar-refractivity contribution is 0.186. The van der Waals surface area contributed by atoms with Gasteiger partial charge in [-0.3, -0.25) is 14.3 Å². The van der Waals surface area contributed by atoms with Gasteiger partial charge < -0.3 is 19.8 Å². The van der Waals surface area contributed by atoms with Crippen LogP contribution in [-0.2, 0) is 30.8 Å². The molecule has 2 aromatic heterocycles. The predicted octanol–water partition coefficient (Wildman–Crippen LogP) is 2.64. The van der Waals surface area contributed by atoms with Gasteiger partial charge in [0.2, 0.25) is 0 Å². The number of methoxy groups -OCH3 is 1. The smallest absolute Gasteiger partial charge is 0.336 e. The van der Waals surface area contributed by atoms with Crippen molar-refractivity contribution in [2.45, 2.75) is 33.0 Å². The number of H-pyrrole nitrogens is 1. The second kappa shape index (κ2) is 10.4. The van der Waals surface area contributed by atoms with Crippen molar-refractivity contribution < 1.29 is 9.15 Å². The Kier molecular flexibility index (Phi) is 7.17. The molecule has 2 heterocycles. The molecule has 0 saturated carbocycles. The molecule has 0 amide bonds. The van der Waals surface area contributed by atoms with Crippen LogP contribution in [0.2, 0.25) is 0 Å². The van der Waals surface area contributed by atoms with Gasteiger partial charge in [0.05, 0.1) is 13.2 Å². The lowest BCUT2D eigenvalue weighted by Crippen LogP contribution is -2.38.